The fraction of sp³-hybridized carbons (Fsp3) is 0.562. The second-order valence-electron chi connectivity index (χ2n) is 5.70. The lowest BCUT2D eigenvalue weighted by Crippen LogP contribution is -2.50. The summed E-state index contributed by atoms with van der Waals surface area (Å²) in [5.41, 5.74) is 1.28. The average Bonchev–Trinajstić information content (AvgIpc) is 2.45. The molecule has 0 N–H and O–H groups in total. The minimum absolute atomic E-state index is 0.105. The van der Waals surface area contributed by atoms with E-state index in [1.807, 2.05) is 36.9 Å². The van der Waals surface area contributed by atoms with Crippen LogP contribution in [0.25, 0.3) is 0 Å². The molecule has 0 aromatic heterocycles. The van der Waals surface area contributed by atoms with Crippen molar-refractivity contribution in [3.05, 3.63) is 34.9 Å². The van der Waals surface area contributed by atoms with Gasteiger partial charge in [-0.15, -0.1) is 0 Å². The largest absolute Gasteiger partial charge is 0.340 e. The van der Waals surface area contributed by atoms with E-state index in [1.54, 1.807) is 0 Å². The van der Waals surface area contributed by atoms with Gasteiger partial charge in [0.15, 0.2) is 0 Å². The zero-order valence-electron chi connectivity index (χ0n) is 12.3. The molecular formula is C16H23ClN2O. The molecule has 1 aliphatic rings. The highest BCUT2D eigenvalue weighted by Crippen LogP contribution is 2.12. The Morgan fingerprint density at radius 1 is 1.25 bits per heavy atom. The first-order valence-corrected chi connectivity index (χ1v) is 7.69. The topological polar surface area (TPSA) is 23.6 Å². The molecular weight excluding hydrogens is 272 g/mol. The van der Waals surface area contributed by atoms with Crippen LogP contribution in [0.4, 0.5) is 0 Å². The zero-order chi connectivity index (χ0) is 14.5. The van der Waals surface area contributed by atoms with Gasteiger partial charge in [0.05, 0.1) is 0 Å². The maximum atomic E-state index is 11.9. The number of carbonyl (C=O) groups excluding carboxylic acids is 1. The van der Waals surface area contributed by atoms with E-state index in [0.29, 0.717) is 0 Å². The van der Waals surface area contributed by atoms with Gasteiger partial charge in [0.1, 0.15) is 0 Å². The molecule has 1 heterocycles. The second kappa shape index (κ2) is 7.09. The van der Waals surface area contributed by atoms with Gasteiger partial charge in [-0.2, -0.15) is 0 Å². The molecule has 0 atom stereocenters. The smallest absolute Gasteiger partial charge is 0.225 e. The lowest BCUT2D eigenvalue weighted by Gasteiger charge is -2.35. The van der Waals surface area contributed by atoms with Crippen LogP contribution in [0.15, 0.2) is 24.3 Å². The highest BCUT2D eigenvalue weighted by atomic mass is 35.5. The van der Waals surface area contributed by atoms with Crippen LogP contribution in [-0.2, 0) is 11.2 Å². The number of hydrogen-bond acceptors (Lipinski definition) is 2. The van der Waals surface area contributed by atoms with Crippen LogP contribution in [0.2, 0.25) is 5.02 Å². The number of carbonyl (C=O) groups is 1. The predicted molar refractivity (Wildman–Crippen MR) is 83.0 cm³/mol. The molecule has 0 bridgehead atoms. The Morgan fingerprint density at radius 2 is 1.95 bits per heavy atom. The Morgan fingerprint density at radius 3 is 2.55 bits per heavy atom. The van der Waals surface area contributed by atoms with Crippen LogP contribution in [0.3, 0.4) is 0 Å². The third kappa shape index (κ3) is 4.22. The minimum atomic E-state index is 0.105. The van der Waals surface area contributed by atoms with Crippen LogP contribution in [0, 0.1) is 5.92 Å². The van der Waals surface area contributed by atoms with Gasteiger partial charge in [0, 0.05) is 43.7 Å². The average molecular weight is 295 g/mol. The summed E-state index contributed by atoms with van der Waals surface area (Å²) in [6.45, 7) is 8.61. The highest BCUT2D eigenvalue weighted by Gasteiger charge is 2.22. The Kier molecular flexibility index (Phi) is 5.44. The van der Waals surface area contributed by atoms with E-state index in [4.69, 9.17) is 11.6 Å². The Balaban J connectivity index is 1.76. The van der Waals surface area contributed by atoms with Crippen LogP contribution >= 0.6 is 11.6 Å². The summed E-state index contributed by atoms with van der Waals surface area (Å²) >= 11 is 5.99. The van der Waals surface area contributed by atoms with Crippen molar-refractivity contribution in [2.45, 2.75) is 20.3 Å². The van der Waals surface area contributed by atoms with Gasteiger partial charge in [-0.1, -0.05) is 37.6 Å². The first-order chi connectivity index (χ1) is 9.56. The number of benzene rings is 1. The first kappa shape index (κ1) is 15.3. The van der Waals surface area contributed by atoms with E-state index in [-0.39, 0.29) is 11.8 Å². The molecule has 0 aliphatic carbocycles. The zero-order valence-corrected chi connectivity index (χ0v) is 13.1. The van der Waals surface area contributed by atoms with Crippen molar-refractivity contribution in [2.75, 3.05) is 32.7 Å². The molecule has 4 heteroatoms. The van der Waals surface area contributed by atoms with Crippen molar-refractivity contribution >= 4 is 17.5 Å². The molecule has 1 aromatic rings. The number of piperazine rings is 1. The maximum Gasteiger partial charge on any atom is 0.225 e. The number of amides is 1. The van der Waals surface area contributed by atoms with E-state index in [2.05, 4.69) is 11.0 Å². The van der Waals surface area contributed by atoms with E-state index >= 15 is 0 Å². The monoisotopic (exact) mass is 294 g/mol. The summed E-state index contributed by atoms with van der Waals surface area (Å²) in [4.78, 5) is 16.3. The molecule has 0 spiro atoms. The van der Waals surface area contributed by atoms with Crippen molar-refractivity contribution in [3.63, 3.8) is 0 Å². The van der Waals surface area contributed by atoms with Gasteiger partial charge < -0.3 is 4.90 Å². The Hall–Kier alpha value is -1.06. The minimum Gasteiger partial charge on any atom is -0.340 e. The van der Waals surface area contributed by atoms with Gasteiger partial charge in [-0.25, -0.2) is 0 Å². The summed E-state index contributed by atoms with van der Waals surface area (Å²) in [6, 6.07) is 8.04. The van der Waals surface area contributed by atoms with Crippen LogP contribution < -0.4 is 0 Å². The van der Waals surface area contributed by atoms with E-state index in [9.17, 15) is 4.79 Å². The third-order valence-electron chi connectivity index (χ3n) is 3.78. The molecule has 1 fully saturated rings. The van der Waals surface area contributed by atoms with Crippen LogP contribution in [0.5, 0.6) is 0 Å². The number of hydrogen-bond donors (Lipinski definition) is 0. The van der Waals surface area contributed by atoms with Crippen LogP contribution in [0.1, 0.15) is 19.4 Å². The number of nitrogens with zero attached hydrogens (tertiary/aromatic N) is 2. The molecule has 1 saturated heterocycles. The fourth-order valence-electron chi connectivity index (χ4n) is 2.54. The summed E-state index contributed by atoms with van der Waals surface area (Å²) in [7, 11) is 0. The molecule has 1 aliphatic heterocycles. The van der Waals surface area contributed by atoms with Gasteiger partial charge >= 0.3 is 0 Å². The molecule has 2 rings (SSSR count). The second-order valence-corrected chi connectivity index (χ2v) is 6.14. The lowest BCUT2D eigenvalue weighted by atomic mass is 10.1. The van der Waals surface area contributed by atoms with Crippen LogP contribution in [-0.4, -0.2) is 48.4 Å². The Bertz CT molecular complexity index is 454. The maximum absolute atomic E-state index is 11.9. The van der Waals surface area contributed by atoms with Gasteiger partial charge in [-0.3, -0.25) is 9.69 Å². The number of rotatable bonds is 4. The first-order valence-electron chi connectivity index (χ1n) is 7.32. The van der Waals surface area contributed by atoms with E-state index < -0.39 is 0 Å². The predicted octanol–water partition coefficient (Wildman–Crippen LogP) is 2.68. The van der Waals surface area contributed by atoms with Crippen molar-refractivity contribution in [1.29, 1.82) is 0 Å². The summed E-state index contributed by atoms with van der Waals surface area (Å²) in [6.07, 6.45) is 1.01. The van der Waals surface area contributed by atoms with E-state index in [1.165, 1.54) is 5.56 Å². The quantitative estimate of drug-likeness (QED) is 0.852. The van der Waals surface area contributed by atoms with Gasteiger partial charge in [0.2, 0.25) is 5.91 Å². The van der Waals surface area contributed by atoms with Crippen molar-refractivity contribution < 1.29 is 4.79 Å². The summed E-state index contributed by atoms with van der Waals surface area (Å²) < 4.78 is 0. The lowest BCUT2D eigenvalue weighted by molar-refractivity contribution is -0.136. The fourth-order valence-corrected chi connectivity index (χ4v) is 2.75. The molecule has 1 amide bonds. The molecule has 1 aromatic carbocycles. The molecule has 3 nitrogen and oxygen atoms in total. The molecule has 0 radical (unpaired) electrons. The highest BCUT2D eigenvalue weighted by molar-refractivity contribution is 6.30. The molecule has 110 valence electrons. The van der Waals surface area contributed by atoms with Gasteiger partial charge in [-0.05, 0) is 24.1 Å². The molecule has 0 saturated carbocycles. The third-order valence-corrected chi connectivity index (χ3v) is 4.02. The summed E-state index contributed by atoms with van der Waals surface area (Å²) in [5.74, 6) is 0.382. The van der Waals surface area contributed by atoms with Crippen molar-refractivity contribution in [3.8, 4) is 0 Å². The Labute approximate surface area is 126 Å². The summed E-state index contributed by atoms with van der Waals surface area (Å²) in [5, 5.41) is 0.801. The van der Waals surface area contributed by atoms with Crippen molar-refractivity contribution in [2.24, 2.45) is 5.92 Å². The SMILES string of the molecule is CC(C)C(=O)N1CCN(CCc2cccc(Cl)c2)CC1. The van der Waals surface area contributed by atoms with Gasteiger partial charge in [0.25, 0.3) is 0 Å². The number of halogens is 1. The standard InChI is InChI=1S/C16H23ClN2O/c1-13(2)16(20)19-10-8-18(9-11-19)7-6-14-4-3-5-15(17)12-14/h3-5,12-13H,6-11H2,1-2H3. The van der Waals surface area contributed by atoms with E-state index in [0.717, 1.165) is 44.2 Å². The molecule has 20 heavy (non-hydrogen) atoms. The normalized spacial score (nSPS) is 16.7. The van der Waals surface area contributed by atoms with Crippen molar-refractivity contribution in [1.82, 2.24) is 9.80 Å². The molecule has 0 unspecified atom stereocenters.